The number of sulfone groups is 1. The van der Waals surface area contributed by atoms with E-state index in [1.165, 1.54) is 37.7 Å². The Kier molecular flexibility index (Phi) is 10.6. The van der Waals surface area contributed by atoms with E-state index in [1.807, 2.05) is 12.1 Å². The normalized spacial score (nSPS) is 14.5. The Morgan fingerprint density at radius 1 is 0.950 bits per heavy atom. The van der Waals surface area contributed by atoms with Crippen molar-refractivity contribution in [2.45, 2.75) is 49.7 Å². The average Bonchev–Trinajstić information content (AvgIpc) is 2.96. The molecule has 0 aliphatic carbocycles. The Balaban J connectivity index is 1.36. The second kappa shape index (κ2) is 14.1. The first-order valence-corrected chi connectivity index (χ1v) is 15.9. The Hall–Kier alpha value is -2.92. The highest BCUT2D eigenvalue weighted by Gasteiger charge is 2.23. The molecular weight excluding hydrogens is 546 g/mol. The van der Waals surface area contributed by atoms with E-state index < -0.39 is 15.1 Å². The van der Waals surface area contributed by atoms with Gasteiger partial charge in [0.05, 0.1) is 22.0 Å². The largest absolute Gasteiger partial charge is 0.369 e. The van der Waals surface area contributed by atoms with Gasteiger partial charge in [0.2, 0.25) is 5.95 Å². The molecule has 0 atom stereocenters. The number of halogens is 1. The van der Waals surface area contributed by atoms with E-state index in [9.17, 15) is 8.42 Å². The number of nitrogens with one attached hydrogen (secondary N) is 2. The van der Waals surface area contributed by atoms with E-state index in [0.717, 1.165) is 44.8 Å². The molecule has 0 saturated carbocycles. The fraction of sp³-hybridized carbons (Fsp3) is 0.448. The average molecular weight is 586 g/mol. The Labute approximate surface area is 243 Å². The number of nitrogens with zero attached hydrogens (tertiary/aromatic N) is 4. The van der Waals surface area contributed by atoms with Crippen LogP contribution in [0.4, 0.5) is 28.8 Å². The van der Waals surface area contributed by atoms with Crippen LogP contribution < -0.4 is 21.3 Å². The van der Waals surface area contributed by atoms with Gasteiger partial charge in [-0.1, -0.05) is 36.6 Å². The summed E-state index contributed by atoms with van der Waals surface area (Å²) in [5.74, 6) is 0.670. The first-order valence-electron chi connectivity index (χ1n) is 13.9. The third-order valence-electron chi connectivity index (χ3n) is 7.10. The quantitative estimate of drug-likeness (QED) is 0.225. The molecular formula is C29H40ClN7O2S. The van der Waals surface area contributed by atoms with E-state index >= 15 is 0 Å². The van der Waals surface area contributed by atoms with Gasteiger partial charge in [-0.05, 0) is 76.2 Å². The van der Waals surface area contributed by atoms with E-state index in [-0.39, 0.29) is 9.92 Å². The minimum Gasteiger partial charge on any atom is -0.369 e. The Morgan fingerprint density at radius 2 is 1.65 bits per heavy atom. The van der Waals surface area contributed by atoms with Crippen LogP contribution in [0.25, 0.3) is 0 Å². The van der Waals surface area contributed by atoms with Gasteiger partial charge in [-0.2, -0.15) is 4.98 Å². The maximum Gasteiger partial charge on any atom is 0.229 e. The highest BCUT2D eigenvalue weighted by atomic mass is 35.5. The van der Waals surface area contributed by atoms with Crippen LogP contribution in [0.1, 0.15) is 39.5 Å². The van der Waals surface area contributed by atoms with E-state index in [1.54, 1.807) is 38.1 Å². The highest BCUT2D eigenvalue weighted by Crippen LogP contribution is 2.30. The van der Waals surface area contributed by atoms with Gasteiger partial charge in [0.25, 0.3) is 0 Å². The van der Waals surface area contributed by atoms with Gasteiger partial charge in [-0.25, -0.2) is 13.4 Å². The Morgan fingerprint density at radius 3 is 2.35 bits per heavy atom. The lowest BCUT2D eigenvalue weighted by Gasteiger charge is -2.36. The third kappa shape index (κ3) is 7.84. The molecule has 2 heterocycles. The van der Waals surface area contributed by atoms with Gasteiger partial charge >= 0.3 is 0 Å². The molecule has 4 N–H and O–H groups in total. The maximum absolute atomic E-state index is 12.8. The summed E-state index contributed by atoms with van der Waals surface area (Å²) in [5.41, 5.74) is 8.03. The summed E-state index contributed by atoms with van der Waals surface area (Å²) < 4.78 is 25.7. The van der Waals surface area contributed by atoms with Gasteiger partial charge in [0, 0.05) is 37.6 Å². The summed E-state index contributed by atoms with van der Waals surface area (Å²) in [6.07, 6.45) is 6.35. The van der Waals surface area contributed by atoms with Gasteiger partial charge in [0.1, 0.15) is 5.02 Å². The summed E-state index contributed by atoms with van der Waals surface area (Å²) in [4.78, 5) is 14.0. The Bertz CT molecular complexity index is 1340. The number of unbranched alkanes of at least 4 members (excludes halogenated alkanes) is 3. The molecule has 0 amide bonds. The van der Waals surface area contributed by atoms with Crippen molar-refractivity contribution in [3.63, 3.8) is 0 Å². The standard InChI is InChI=1S/C29H40ClN7O2S/c1-22(2)40(38,39)27-10-6-5-9-26(27)34-28-25(30)21-32-29(35-28)33-23-11-13-24(14-12-23)37-19-17-36(18-20-37)16-8-4-3-7-15-31/h5-6,9-14,21-22H,3-4,7-8,15-20,31H2,1-2H3,(H2,32,33,34,35). The van der Waals surface area contributed by atoms with Crippen molar-refractivity contribution in [3.8, 4) is 0 Å². The second-order valence-electron chi connectivity index (χ2n) is 10.3. The lowest BCUT2D eigenvalue weighted by atomic mass is 10.1. The minimum atomic E-state index is -3.50. The van der Waals surface area contributed by atoms with Crippen molar-refractivity contribution in [3.05, 3.63) is 59.8 Å². The lowest BCUT2D eigenvalue weighted by molar-refractivity contribution is 0.252. The SMILES string of the molecule is CC(C)S(=O)(=O)c1ccccc1Nc1nc(Nc2ccc(N3CCN(CCCCCCN)CC3)cc2)ncc1Cl. The number of hydrogen-bond donors (Lipinski definition) is 3. The van der Waals surface area contributed by atoms with Crippen LogP contribution in [0.5, 0.6) is 0 Å². The minimum absolute atomic E-state index is 0.202. The van der Waals surface area contributed by atoms with Crippen molar-refractivity contribution >= 4 is 50.3 Å². The number of rotatable bonds is 13. The number of piperazine rings is 1. The molecule has 0 bridgehead atoms. The fourth-order valence-electron chi connectivity index (χ4n) is 4.66. The molecule has 40 heavy (non-hydrogen) atoms. The van der Waals surface area contributed by atoms with Crippen molar-refractivity contribution < 1.29 is 8.42 Å². The van der Waals surface area contributed by atoms with E-state index in [4.69, 9.17) is 17.3 Å². The second-order valence-corrected chi connectivity index (χ2v) is 13.2. The molecule has 0 radical (unpaired) electrons. The zero-order chi connectivity index (χ0) is 28.5. The highest BCUT2D eigenvalue weighted by molar-refractivity contribution is 7.92. The predicted octanol–water partition coefficient (Wildman–Crippen LogP) is 5.44. The molecule has 1 aliphatic heterocycles. The number of para-hydroxylation sites is 1. The summed E-state index contributed by atoms with van der Waals surface area (Å²) >= 11 is 6.37. The van der Waals surface area contributed by atoms with Gasteiger partial charge in [-0.15, -0.1) is 0 Å². The van der Waals surface area contributed by atoms with Crippen LogP contribution in [-0.4, -0.2) is 67.8 Å². The molecule has 0 unspecified atom stereocenters. The topological polar surface area (TPSA) is 116 Å². The summed E-state index contributed by atoms with van der Waals surface area (Å²) in [6, 6.07) is 15.0. The molecule has 9 nitrogen and oxygen atoms in total. The fourth-order valence-corrected chi connectivity index (χ4v) is 6.00. The van der Waals surface area contributed by atoms with Crippen molar-refractivity contribution in [1.82, 2.24) is 14.9 Å². The van der Waals surface area contributed by atoms with Crippen molar-refractivity contribution in [1.29, 1.82) is 0 Å². The number of nitrogens with two attached hydrogens (primary N) is 1. The molecule has 1 aliphatic rings. The van der Waals surface area contributed by atoms with Gasteiger partial charge in [-0.3, -0.25) is 4.90 Å². The molecule has 3 aromatic rings. The molecule has 1 aromatic heterocycles. The molecule has 11 heteroatoms. The molecule has 0 spiro atoms. The maximum atomic E-state index is 12.8. The van der Waals surface area contributed by atoms with Crippen LogP contribution in [0, 0.1) is 0 Å². The van der Waals surface area contributed by atoms with Crippen LogP contribution in [-0.2, 0) is 9.84 Å². The first kappa shape index (κ1) is 30.0. The number of anilines is 5. The molecule has 1 fully saturated rings. The molecule has 216 valence electrons. The zero-order valence-corrected chi connectivity index (χ0v) is 24.9. The third-order valence-corrected chi connectivity index (χ3v) is 9.59. The first-order chi connectivity index (χ1) is 19.3. The zero-order valence-electron chi connectivity index (χ0n) is 23.3. The monoisotopic (exact) mass is 585 g/mol. The summed E-state index contributed by atoms with van der Waals surface area (Å²) in [7, 11) is -3.50. The molecule has 2 aromatic carbocycles. The molecule has 1 saturated heterocycles. The lowest BCUT2D eigenvalue weighted by Crippen LogP contribution is -2.46. The smallest absolute Gasteiger partial charge is 0.229 e. The van der Waals surface area contributed by atoms with Crippen molar-refractivity contribution in [2.75, 3.05) is 54.8 Å². The van der Waals surface area contributed by atoms with Crippen LogP contribution >= 0.6 is 11.6 Å². The van der Waals surface area contributed by atoms with Crippen LogP contribution in [0.15, 0.2) is 59.6 Å². The van der Waals surface area contributed by atoms with E-state index in [0.29, 0.717) is 17.5 Å². The summed E-state index contributed by atoms with van der Waals surface area (Å²) in [6.45, 7) is 9.45. The number of benzene rings is 2. The van der Waals surface area contributed by atoms with Crippen LogP contribution in [0.3, 0.4) is 0 Å². The number of hydrogen-bond acceptors (Lipinski definition) is 9. The van der Waals surface area contributed by atoms with E-state index in [2.05, 4.69) is 42.5 Å². The summed E-state index contributed by atoms with van der Waals surface area (Å²) in [5, 5.41) is 6.04. The number of aromatic nitrogens is 2. The predicted molar refractivity (Wildman–Crippen MR) is 165 cm³/mol. The van der Waals surface area contributed by atoms with Gasteiger partial charge < -0.3 is 21.3 Å². The van der Waals surface area contributed by atoms with Gasteiger partial charge in [0.15, 0.2) is 15.7 Å². The molecule has 4 rings (SSSR count). The van der Waals surface area contributed by atoms with Crippen LogP contribution in [0.2, 0.25) is 5.02 Å². The van der Waals surface area contributed by atoms with Crippen molar-refractivity contribution in [2.24, 2.45) is 5.73 Å².